The minimum atomic E-state index is 1.16. The van der Waals surface area contributed by atoms with Crippen LogP contribution in [0.15, 0.2) is 182 Å². The van der Waals surface area contributed by atoms with Gasteiger partial charge < -0.3 is 9.80 Å². The zero-order valence-corrected chi connectivity index (χ0v) is 39.2. The third-order valence-corrected chi connectivity index (χ3v) is 14.5. The first-order valence-electron chi connectivity index (χ1n) is 23.3. The Labute approximate surface area is 390 Å². The van der Waals surface area contributed by atoms with Crippen molar-refractivity contribution in [1.29, 1.82) is 0 Å². The van der Waals surface area contributed by atoms with Crippen LogP contribution in [0.5, 0.6) is 0 Å². The van der Waals surface area contributed by atoms with Crippen LogP contribution in [0.4, 0.5) is 34.1 Å². The summed E-state index contributed by atoms with van der Waals surface area (Å²) in [6, 6.07) is 67.0. The maximum absolute atomic E-state index is 2.47. The summed E-state index contributed by atoms with van der Waals surface area (Å²) in [6.45, 7) is 18.3. The Balaban J connectivity index is 1.06. The van der Waals surface area contributed by atoms with E-state index >= 15 is 0 Å². The number of aryl methyl sites for hydroxylation is 8. The molecule has 1 aliphatic carbocycles. The number of hydrogen-bond acceptors (Lipinski definition) is 2. The fourth-order valence-electron chi connectivity index (χ4n) is 10.9. The van der Waals surface area contributed by atoms with Crippen molar-refractivity contribution < 1.29 is 0 Å². The predicted molar refractivity (Wildman–Crippen MR) is 284 cm³/mol. The molecule has 320 valence electrons. The first kappa shape index (κ1) is 41.1. The molecule has 0 aliphatic heterocycles. The number of hydrogen-bond donors (Lipinski definition) is 0. The summed E-state index contributed by atoms with van der Waals surface area (Å²) in [7, 11) is 0. The van der Waals surface area contributed by atoms with Crippen LogP contribution in [0, 0.1) is 55.4 Å². The molecule has 0 radical (unpaired) electrons. The molecule has 0 amide bonds. The zero-order valence-electron chi connectivity index (χ0n) is 39.2. The predicted octanol–water partition coefficient (Wildman–Crippen LogP) is 18.4. The Morgan fingerprint density at radius 1 is 0.242 bits per heavy atom. The van der Waals surface area contributed by atoms with Gasteiger partial charge in [0.15, 0.2) is 0 Å². The quantitative estimate of drug-likeness (QED) is 0.150. The highest BCUT2D eigenvalue weighted by Crippen LogP contribution is 2.58. The normalized spacial score (nSPS) is 11.6. The van der Waals surface area contributed by atoms with Crippen molar-refractivity contribution in [3.05, 3.63) is 226 Å². The standard InChI is InChI=1S/C64H54N2/c1-39-19-15-17-25-57(39)65(59-35-49(29-27-41(59)3)47-21-11-9-12-22-47)51-31-33-53-43(5)61-63(45(7)55(53)37-51)62-44(6)54-34-32-52(38-56(54)46(8)64(61)62)66(58-26-18-16-20-40(58)2)60-36-50(30-28-42(60)4)48-23-13-10-14-24-48/h9-38H,1-8H3. The second-order valence-corrected chi connectivity index (χ2v) is 18.4. The first-order chi connectivity index (χ1) is 32.1. The highest BCUT2D eigenvalue weighted by Gasteiger charge is 2.34. The van der Waals surface area contributed by atoms with Crippen LogP contribution in [-0.2, 0) is 0 Å². The van der Waals surface area contributed by atoms with E-state index in [1.807, 2.05) is 0 Å². The van der Waals surface area contributed by atoms with Crippen molar-refractivity contribution >= 4 is 55.7 Å². The van der Waals surface area contributed by atoms with Gasteiger partial charge in [0, 0.05) is 34.1 Å². The molecule has 2 nitrogen and oxygen atoms in total. The van der Waals surface area contributed by atoms with Crippen molar-refractivity contribution in [2.45, 2.75) is 55.4 Å². The molecular weight excluding hydrogens is 797 g/mol. The van der Waals surface area contributed by atoms with E-state index in [4.69, 9.17) is 0 Å². The third kappa shape index (κ3) is 6.54. The Hall–Kier alpha value is -7.68. The smallest absolute Gasteiger partial charge is 0.0497 e. The Morgan fingerprint density at radius 2 is 0.576 bits per heavy atom. The number of nitrogens with zero attached hydrogens (tertiary/aromatic N) is 2. The van der Waals surface area contributed by atoms with Crippen LogP contribution in [0.2, 0.25) is 0 Å². The van der Waals surface area contributed by atoms with Crippen LogP contribution >= 0.6 is 0 Å². The van der Waals surface area contributed by atoms with Gasteiger partial charge in [-0.2, -0.15) is 0 Å². The van der Waals surface area contributed by atoms with Crippen LogP contribution in [0.25, 0.3) is 66.1 Å². The molecule has 1 aliphatic rings. The van der Waals surface area contributed by atoms with Crippen molar-refractivity contribution in [3.8, 4) is 44.5 Å². The van der Waals surface area contributed by atoms with Gasteiger partial charge in [0.05, 0.1) is 0 Å². The van der Waals surface area contributed by atoms with Gasteiger partial charge in [-0.3, -0.25) is 0 Å². The number of benzene rings is 10. The molecule has 0 aromatic heterocycles. The summed E-state index contributed by atoms with van der Waals surface area (Å²) in [4.78, 5) is 4.94. The maximum atomic E-state index is 2.47. The molecule has 66 heavy (non-hydrogen) atoms. The zero-order chi connectivity index (χ0) is 45.4. The average molecular weight is 851 g/mol. The van der Waals surface area contributed by atoms with Gasteiger partial charge >= 0.3 is 0 Å². The van der Waals surface area contributed by atoms with Crippen molar-refractivity contribution in [2.24, 2.45) is 0 Å². The van der Waals surface area contributed by atoms with Crippen molar-refractivity contribution in [3.63, 3.8) is 0 Å². The van der Waals surface area contributed by atoms with Gasteiger partial charge in [0.25, 0.3) is 0 Å². The highest BCUT2D eigenvalue weighted by atomic mass is 15.2. The van der Waals surface area contributed by atoms with Crippen LogP contribution in [-0.4, -0.2) is 0 Å². The van der Waals surface area contributed by atoms with E-state index in [0.717, 1.165) is 11.4 Å². The number of rotatable bonds is 8. The lowest BCUT2D eigenvalue weighted by molar-refractivity contribution is 1.23. The lowest BCUT2D eigenvalue weighted by Crippen LogP contribution is -2.14. The summed E-state index contributed by atoms with van der Waals surface area (Å²) in [5.41, 5.74) is 27.9. The molecule has 11 rings (SSSR count). The average Bonchev–Trinajstić information content (AvgIpc) is 3.33. The topological polar surface area (TPSA) is 6.48 Å². The van der Waals surface area contributed by atoms with Crippen molar-refractivity contribution in [1.82, 2.24) is 0 Å². The minimum absolute atomic E-state index is 1.16. The summed E-state index contributed by atoms with van der Waals surface area (Å²) in [5.74, 6) is 0. The fourth-order valence-corrected chi connectivity index (χ4v) is 10.9. The molecule has 0 atom stereocenters. The van der Waals surface area contributed by atoms with E-state index in [-0.39, 0.29) is 0 Å². The molecule has 0 heterocycles. The van der Waals surface area contributed by atoms with E-state index in [2.05, 4.69) is 247 Å². The van der Waals surface area contributed by atoms with E-state index in [1.54, 1.807) is 0 Å². The fraction of sp³-hybridized carbons (Fsp3) is 0.125. The molecule has 0 N–H and O–H groups in total. The summed E-state index contributed by atoms with van der Waals surface area (Å²) >= 11 is 0. The van der Waals surface area contributed by atoms with Gasteiger partial charge in [-0.1, -0.05) is 133 Å². The highest BCUT2D eigenvalue weighted by molar-refractivity contribution is 6.19. The second-order valence-electron chi connectivity index (χ2n) is 18.4. The molecule has 0 saturated heterocycles. The Bertz CT molecular complexity index is 3310. The molecule has 0 saturated carbocycles. The summed E-state index contributed by atoms with van der Waals surface area (Å²) < 4.78 is 0. The van der Waals surface area contributed by atoms with E-state index in [9.17, 15) is 0 Å². The lowest BCUT2D eigenvalue weighted by atomic mass is 9.69. The Kier molecular flexibility index (Phi) is 10.0. The van der Waals surface area contributed by atoms with Gasteiger partial charge in [-0.25, -0.2) is 0 Å². The maximum Gasteiger partial charge on any atom is 0.0497 e. The van der Waals surface area contributed by atoms with Gasteiger partial charge in [0.2, 0.25) is 0 Å². The largest absolute Gasteiger partial charge is 0.310 e. The van der Waals surface area contributed by atoms with Crippen LogP contribution in [0.1, 0.15) is 44.5 Å². The Morgan fingerprint density at radius 3 is 0.955 bits per heavy atom. The van der Waals surface area contributed by atoms with E-state index in [0.29, 0.717) is 0 Å². The van der Waals surface area contributed by atoms with Gasteiger partial charge in [-0.05, 0) is 214 Å². The molecular formula is C64H54N2. The first-order valence-corrected chi connectivity index (χ1v) is 23.3. The molecule has 2 heteroatoms. The molecule has 0 spiro atoms. The van der Waals surface area contributed by atoms with E-state index < -0.39 is 0 Å². The van der Waals surface area contributed by atoms with Gasteiger partial charge in [0.1, 0.15) is 0 Å². The monoisotopic (exact) mass is 850 g/mol. The molecule has 10 aromatic carbocycles. The number of para-hydroxylation sites is 2. The van der Waals surface area contributed by atoms with Gasteiger partial charge in [-0.15, -0.1) is 0 Å². The van der Waals surface area contributed by atoms with Crippen LogP contribution < -0.4 is 9.80 Å². The minimum Gasteiger partial charge on any atom is -0.310 e. The number of fused-ring (bicyclic) bond motifs is 6. The molecule has 0 unspecified atom stereocenters. The SMILES string of the molecule is Cc1ccccc1N(c1ccc2c(C)c3c(c(C)c2c1)-c1c-3c(C)c2cc(N(c3ccccc3C)c3cc(-c4ccccc4)ccc3C)ccc2c1C)c1cc(-c2ccccc2)ccc1C. The molecule has 0 bridgehead atoms. The lowest BCUT2D eigenvalue weighted by Gasteiger charge is -2.35. The van der Waals surface area contributed by atoms with E-state index in [1.165, 1.54) is 133 Å². The summed E-state index contributed by atoms with van der Waals surface area (Å²) in [6.07, 6.45) is 0. The number of anilines is 6. The second kappa shape index (κ2) is 16.1. The molecule has 0 fully saturated rings. The van der Waals surface area contributed by atoms with Crippen LogP contribution in [0.3, 0.4) is 0 Å². The van der Waals surface area contributed by atoms with Crippen molar-refractivity contribution in [2.75, 3.05) is 9.80 Å². The summed E-state index contributed by atoms with van der Waals surface area (Å²) in [5, 5.41) is 5.23. The molecule has 10 aromatic rings. The third-order valence-electron chi connectivity index (χ3n) is 14.5.